The molecule has 0 fully saturated rings. The maximum Gasteiger partial charge on any atom is 1.00 e. The molecule has 0 rings (SSSR count). The van der Waals surface area contributed by atoms with Crippen LogP contribution >= 0.6 is 0 Å². The first kappa shape index (κ1) is 15.6. The first-order valence-corrected chi connectivity index (χ1v) is 3.64. The van der Waals surface area contributed by atoms with Gasteiger partial charge in [0.2, 0.25) is 0 Å². The Hall–Kier alpha value is 0.136. The molecule has 0 N–H and O–H groups in total. The fraction of sp³-hybridized carbons (Fsp3) is 0.500. The Morgan fingerprint density at radius 2 is 2.08 bits per heavy atom. The molecule has 0 aromatic rings. The van der Waals surface area contributed by atoms with E-state index in [2.05, 4.69) is 4.74 Å². The Labute approximate surface area is 120 Å². The summed E-state index contributed by atoms with van der Waals surface area (Å²) >= 11 is 0. The number of carbonyl (C=O) groups is 1. The van der Waals surface area contributed by atoms with E-state index in [-0.39, 0.29) is 70.0 Å². The zero-order valence-electron chi connectivity index (χ0n) is 8.09. The van der Waals surface area contributed by atoms with Crippen LogP contribution in [0.4, 0.5) is 0 Å². The molecule has 13 heavy (non-hydrogen) atoms. The van der Waals surface area contributed by atoms with Crippen LogP contribution in [0.5, 0.6) is 0 Å². The van der Waals surface area contributed by atoms with Gasteiger partial charge in [0.25, 0.3) is 0 Å². The maximum atomic E-state index is 11.0. The van der Waals surface area contributed by atoms with Crippen LogP contribution in [0.3, 0.4) is 0 Å². The van der Waals surface area contributed by atoms with Crippen molar-refractivity contribution in [2.75, 3.05) is 6.61 Å². The molecule has 0 heterocycles. The Morgan fingerprint density at radius 3 is 2.38 bits per heavy atom. The first-order chi connectivity index (χ1) is 5.67. The van der Waals surface area contributed by atoms with Gasteiger partial charge in [-0.1, -0.05) is 6.92 Å². The van der Waals surface area contributed by atoms with Crippen LogP contribution in [0.2, 0.25) is 0 Å². The summed E-state index contributed by atoms with van der Waals surface area (Å²) in [5, 5.41) is 19.4. The fourth-order valence-corrected chi connectivity index (χ4v) is 0.610. The maximum absolute atomic E-state index is 11.0. The van der Waals surface area contributed by atoms with Crippen molar-refractivity contribution in [1.82, 2.24) is 0 Å². The Kier molecular flexibility index (Phi) is 10.5. The topological polar surface area (TPSA) is 73.2 Å². The number of ether oxygens (including phenoxy) is 1. The van der Waals surface area contributed by atoms with Crippen LogP contribution in [0.1, 0.15) is 20.3 Å². The quantitative estimate of drug-likeness (QED) is 0.164. The minimum absolute atomic E-state index is 0. The summed E-state index contributed by atoms with van der Waals surface area (Å²) in [5.74, 6) is -1.78. The van der Waals surface area contributed by atoms with E-state index in [0.29, 0.717) is 0 Å². The Morgan fingerprint density at radius 1 is 1.54 bits per heavy atom. The van der Waals surface area contributed by atoms with Gasteiger partial charge < -0.3 is 9.84 Å². The van der Waals surface area contributed by atoms with Crippen molar-refractivity contribution in [2.45, 2.75) is 20.3 Å². The molecule has 0 saturated carbocycles. The van der Waals surface area contributed by atoms with E-state index in [0.717, 1.165) is 0 Å². The van der Waals surface area contributed by atoms with E-state index in [4.69, 9.17) is 5.26 Å². The van der Waals surface area contributed by atoms with E-state index in [1.54, 1.807) is 19.9 Å². The monoisotopic (exact) mass is 207 g/mol. The average Bonchev–Trinajstić information content (AvgIpc) is 2.07. The molecule has 0 aromatic heterocycles. The van der Waals surface area contributed by atoms with Crippen molar-refractivity contribution in [3.8, 4) is 6.07 Å². The van der Waals surface area contributed by atoms with E-state index in [1.807, 2.05) is 0 Å². The Bertz CT molecular complexity index is 242. The number of rotatable bonds is 3. The number of allylic oxidation sites excluding steroid dienone is 1. The summed E-state index contributed by atoms with van der Waals surface area (Å²) in [7, 11) is 0. The van der Waals surface area contributed by atoms with Crippen molar-refractivity contribution in [3.05, 3.63) is 11.3 Å². The van der Waals surface area contributed by atoms with Crippen molar-refractivity contribution >= 4 is 5.97 Å². The number of nitriles is 1. The molecule has 0 aliphatic heterocycles. The summed E-state index contributed by atoms with van der Waals surface area (Å²) in [6, 6.07) is 1.66. The summed E-state index contributed by atoms with van der Waals surface area (Å²) in [6.45, 7) is 3.38. The second kappa shape index (κ2) is 8.72. The number of hydrogen-bond donors (Lipinski definition) is 0. The molecular weight excluding hydrogens is 197 g/mol. The largest absolute Gasteiger partial charge is 1.00 e. The van der Waals surface area contributed by atoms with Crippen molar-refractivity contribution in [3.63, 3.8) is 0 Å². The van der Waals surface area contributed by atoms with Crippen LogP contribution in [-0.4, -0.2) is 12.6 Å². The summed E-state index contributed by atoms with van der Waals surface area (Å²) < 4.78 is 4.43. The van der Waals surface area contributed by atoms with Gasteiger partial charge in [0, 0.05) is 5.57 Å². The van der Waals surface area contributed by atoms with Gasteiger partial charge >= 0.3 is 57.4 Å². The summed E-state index contributed by atoms with van der Waals surface area (Å²) in [4.78, 5) is 10.8. The van der Waals surface area contributed by atoms with E-state index < -0.39 is 11.7 Å². The van der Waals surface area contributed by atoms with Gasteiger partial charge in [0.1, 0.15) is 0 Å². The summed E-state index contributed by atoms with van der Waals surface area (Å²) in [5.41, 5.74) is -0.0616. The zero-order chi connectivity index (χ0) is 9.56. The third-order valence-electron chi connectivity index (χ3n) is 1.22. The van der Waals surface area contributed by atoms with E-state index >= 15 is 0 Å². The van der Waals surface area contributed by atoms with Gasteiger partial charge in [0.05, 0.1) is 12.7 Å². The molecular formula is C8H10KNO3. The molecule has 0 amide bonds. The number of carbonyl (C=O) groups excluding carboxylic acids is 1. The molecule has 0 aliphatic carbocycles. The van der Waals surface area contributed by atoms with Gasteiger partial charge in [-0.05, 0) is 19.1 Å². The molecule has 5 heteroatoms. The smallest absolute Gasteiger partial charge is 0.867 e. The standard InChI is InChI=1S/C8H11NO3.K/c1-3-6(5-9)7(10)8(11)12-4-2;/h10H,3-4H2,1-2H3;/q;+1/p-1/b7-6+;. The minimum Gasteiger partial charge on any atom is -0.867 e. The predicted octanol–water partition coefficient (Wildman–Crippen LogP) is -2.90. The molecule has 66 valence electrons. The fourth-order valence-electron chi connectivity index (χ4n) is 0.610. The molecule has 4 nitrogen and oxygen atoms in total. The first-order valence-electron chi connectivity index (χ1n) is 3.64. The average molecular weight is 207 g/mol. The van der Waals surface area contributed by atoms with Crippen LogP contribution in [0, 0.1) is 11.3 Å². The second-order valence-electron chi connectivity index (χ2n) is 1.99. The van der Waals surface area contributed by atoms with Gasteiger partial charge in [0.15, 0.2) is 0 Å². The van der Waals surface area contributed by atoms with Gasteiger partial charge in [-0.3, -0.25) is 0 Å². The number of nitrogens with zero attached hydrogens (tertiary/aromatic N) is 1. The molecule has 0 aromatic carbocycles. The van der Waals surface area contributed by atoms with E-state index in [9.17, 15) is 9.90 Å². The van der Waals surface area contributed by atoms with Crippen LogP contribution in [0.15, 0.2) is 11.3 Å². The van der Waals surface area contributed by atoms with Crippen molar-refractivity contribution < 1.29 is 66.0 Å². The molecule has 0 bridgehead atoms. The van der Waals surface area contributed by atoms with Gasteiger partial charge in [-0.2, -0.15) is 5.26 Å². The van der Waals surface area contributed by atoms with Gasteiger partial charge in [-0.15, -0.1) is 0 Å². The number of hydrogen-bond acceptors (Lipinski definition) is 4. The van der Waals surface area contributed by atoms with Gasteiger partial charge in [-0.25, -0.2) is 4.79 Å². The van der Waals surface area contributed by atoms with Crippen molar-refractivity contribution in [2.24, 2.45) is 0 Å². The minimum atomic E-state index is -0.948. The normalized spacial score (nSPS) is 10.5. The van der Waals surface area contributed by atoms with E-state index in [1.165, 1.54) is 0 Å². The Balaban J connectivity index is 0. The molecule has 0 radical (unpaired) electrons. The molecule has 0 unspecified atom stereocenters. The van der Waals surface area contributed by atoms with Crippen molar-refractivity contribution in [1.29, 1.82) is 5.26 Å². The van der Waals surface area contributed by atoms with Crippen LogP contribution in [0.25, 0.3) is 0 Å². The molecule has 0 atom stereocenters. The zero-order valence-corrected chi connectivity index (χ0v) is 11.2. The van der Waals surface area contributed by atoms with Crippen LogP contribution in [-0.2, 0) is 9.53 Å². The summed E-state index contributed by atoms with van der Waals surface area (Å²) in [6.07, 6.45) is 0.258. The van der Waals surface area contributed by atoms with Crippen LogP contribution < -0.4 is 56.5 Å². The molecule has 0 spiro atoms. The molecule has 0 aliphatic rings. The predicted molar refractivity (Wildman–Crippen MR) is 39.6 cm³/mol. The third kappa shape index (κ3) is 5.44. The third-order valence-corrected chi connectivity index (χ3v) is 1.22. The SMILES string of the molecule is CCOC(=O)/C([O-])=C(\C#N)CC.[K+]. The molecule has 0 saturated heterocycles. The second-order valence-corrected chi connectivity index (χ2v) is 1.99. The number of esters is 1.